The van der Waals surface area contributed by atoms with E-state index in [0.29, 0.717) is 6.04 Å². The Hall–Kier alpha value is -2.27. The minimum atomic E-state index is -0.193. The molecule has 1 aliphatic heterocycles. The molecule has 0 amide bonds. The Kier molecular flexibility index (Phi) is 5.54. The second-order valence-electron chi connectivity index (χ2n) is 6.18. The molecular weight excluding hydrogens is 303 g/mol. The summed E-state index contributed by atoms with van der Waals surface area (Å²) in [6, 6.07) is 11.0. The lowest BCUT2D eigenvalue weighted by Gasteiger charge is -2.36. The van der Waals surface area contributed by atoms with E-state index in [4.69, 9.17) is 0 Å². The minimum Gasteiger partial charge on any atom is -0.355 e. The molecule has 24 heavy (non-hydrogen) atoms. The van der Waals surface area contributed by atoms with Crippen molar-refractivity contribution in [2.45, 2.75) is 18.9 Å². The van der Waals surface area contributed by atoms with Gasteiger partial charge in [0, 0.05) is 38.9 Å². The Morgan fingerprint density at radius 3 is 2.62 bits per heavy atom. The van der Waals surface area contributed by atoms with Crippen molar-refractivity contribution in [3.05, 3.63) is 60.1 Å². The maximum Gasteiger partial charge on any atom is 0.151 e. The van der Waals surface area contributed by atoms with Crippen LogP contribution in [0.1, 0.15) is 18.4 Å². The van der Waals surface area contributed by atoms with Gasteiger partial charge in [-0.25, -0.2) is 4.39 Å². The average Bonchev–Trinajstić information content (AvgIpc) is 2.64. The lowest BCUT2D eigenvalue weighted by Crippen LogP contribution is -2.43. The summed E-state index contributed by atoms with van der Waals surface area (Å²) in [5, 5.41) is 8.14. The predicted octanol–water partition coefficient (Wildman–Crippen LogP) is 3.23. The molecule has 126 valence electrons. The van der Waals surface area contributed by atoms with Crippen LogP contribution in [-0.2, 0) is 0 Å². The summed E-state index contributed by atoms with van der Waals surface area (Å²) < 4.78 is 12.9. The van der Waals surface area contributed by atoms with Gasteiger partial charge in [-0.1, -0.05) is 24.3 Å². The Morgan fingerprint density at radius 2 is 1.96 bits per heavy atom. The van der Waals surface area contributed by atoms with Gasteiger partial charge in [-0.15, -0.1) is 5.10 Å². The summed E-state index contributed by atoms with van der Waals surface area (Å²) in [6.45, 7) is 3.07. The predicted molar refractivity (Wildman–Crippen MR) is 95.3 cm³/mol. The van der Waals surface area contributed by atoms with E-state index in [1.165, 1.54) is 12.1 Å². The number of rotatable bonds is 5. The van der Waals surface area contributed by atoms with E-state index in [-0.39, 0.29) is 5.82 Å². The molecule has 0 saturated carbocycles. The van der Waals surface area contributed by atoms with E-state index in [1.54, 1.807) is 18.3 Å². The van der Waals surface area contributed by atoms with Crippen molar-refractivity contribution in [1.29, 1.82) is 0 Å². The van der Waals surface area contributed by atoms with Gasteiger partial charge in [0.05, 0.1) is 0 Å². The highest BCUT2D eigenvalue weighted by molar-refractivity contribution is 5.49. The van der Waals surface area contributed by atoms with Crippen LogP contribution in [0, 0.1) is 5.82 Å². The van der Waals surface area contributed by atoms with Gasteiger partial charge < -0.3 is 4.90 Å². The standard InChI is InChI=1S/C19H23FN4/c1-23(19-5-2-12-21-22-19)18-10-14-24(15-11-18)13-3-4-16-6-8-17(20)9-7-16/h2-9,12,18H,10-11,13-15H2,1H3. The number of benzene rings is 1. The molecule has 1 aromatic heterocycles. The maximum atomic E-state index is 12.9. The Balaban J connectivity index is 1.46. The van der Waals surface area contributed by atoms with Gasteiger partial charge in [0.25, 0.3) is 0 Å². The second-order valence-corrected chi connectivity index (χ2v) is 6.18. The molecule has 1 saturated heterocycles. The lowest BCUT2D eigenvalue weighted by atomic mass is 10.0. The highest BCUT2D eigenvalue weighted by Crippen LogP contribution is 2.19. The van der Waals surface area contributed by atoms with Crippen molar-refractivity contribution in [2.75, 3.05) is 31.6 Å². The van der Waals surface area contributed by atoms with Crippen LogP contribution in [0.25, 0.3) is 6.08 Å². The van der Waals surface area contributed by atoms with Crippen molar-refractivity contribution < 1.29 is 4.39 Å². The molecule has 1 fully saturated rings. The van der Waals surface area contributed by atoms with Crippen molar-refractivity contribution >= 4 is 11.9 Å². The van der Waals surface area contributed by atoms with Crippen LogP contribution in [0.4, 0.5) is 10.2 Å². The average molecular weight is 326 g/mol. The van der Waals surface area contributed by atoms with Crippen LogP contribution in [-0.4, -0.2) is 47.8 Å². The van der Waals surface area contributed by atoms with Gasteiger partial charge in [-0.2, -0.15) is 5.10 Å². The number of aromatic nitrogens is 2. The maximum absolute atomic E-state index is 12.9. The van der Waals surface area contributed by atoms with Crippen LogP contribution in [0.5, 0.6) is 0 Å². The first-order chi connectivity index (χ1) is 11.7. The summed E-state index contributed by atoms with van der Waals surface area (Å²) >= 11 is 0. The molecule has 1 aromatic carbocycles. The largest absolute Gasteiger partial charge is 0.355 e. The topological polar surface area (TPSA) is 32.3 Å². The zero-order valence-corrected chi connectivity index (χ0v) is 14.0. The van der Waals surface area contributed by atoms with Crippen LogP contribution in [0.15, 0.2) is 48.7 Å². The normalized spacial score (nSPS) is 16.6. The number of halogens is 1. The molecule has 0 atom stereocenters. The molecular formula is C19H23FN4. The van der Waals surface area contributed by atoms with Gasteiger partial charge >= 0.3 is 0 Å². The molecule has 0 spiro atoms. The third-order valence-corrected chi connectivity index (χ3v) is 4.57. The fourth-order valence-corrected chi connectivity index (χ4v) is 3.07. The zero-order valence-electron chi connectivity index (χ0n) is 14.0. The molecule has 0 radical (unpaired) electrons. The third kappa shape index (κ3) is 4.38. The molecule has 0 aliphatic carbocycles. The van der Waals surface area contributed by atoms with E-state index in [9.17, 15) is 4.39 Å². The summed E-state index contributed by atoms with van der Waals surface area (Å²) in [5.74, 6) is 0.744. The monoisotopic (exact) mass is 326 g/mol. The third-order valence-electron chi connectivity index (χ3n) is 4.57. The zero-order chi connectivity index (χ0) is 16.8. The Labute approximate surface area is 142 Å². The highest BCUT2D eigenvalue weighted by atomic mass is 19.1. The van der Waals surface area contributed by atoms with Crippen LogP contribution < -0.4 is 4.90 Å². The fraction of sp³-hybridized carbons (Fsp3) is 0.368. The quantitative estimate of drug-likeness (QED) is 0.844. The molecule has 3 rings (SSSR count). The minimum absolute atomic E-state index is 0.193. The molecule has 0 N–H and O–H groups in total. The van der Waals surface area contributed by atoms with Crippen LogP contribution >= 0.6 is 0 Å². The van der Waals surface area contributed by atoms with E-state index in [2.05, 4.69) is 39.2 Å². The summed E-state index contributed by atoms with van der Waals surface area (Å²) in [7, 11) is 2.10. The first-order valence-corrected chi connectivity index (χ1v) is 8.37. The number of piperidine rings is 1. The van der Waals surface area contributed by atoms with Crippen LogP contribution in [0.2, 0.25) is 0 Å². The Bertz CT molecular complexity index is 649. The van der Waals surface area contributed by atoms with E-state index < -0.39 is 0 Å². The molecule has 5 heteroatoms. The van der Waals surface area contributed by atoms with Crippen LogP contribution in [0.3, 0.4) is 0 Å². The SMILES string of the molecule is CN(c1cccnn1)C1CCN(CC=Cc2ccc(F)cc2)CC1. The van der Waals surface area contributed by atoms with Crippen molar-refractivity contribution in [3.63, 3.8) is 0 Å². The first-order valence-electron chi connectivity index (χ1n) is 8.37. The summed E-state index contributed by atoms with van der Waals surface area (Å²) in [6.07, 6.45) is 8.15. The smallest absolute Gasteiger partial charge is 0.151 e. The van der Waals surface area contributed by atoms with Gasteiger partial charge in [0.2, 0.25) is 0 Å². The molecule has 1 aliphatic rings. The molecule has 2 heterocycles. The van der Waals surface area contributed by atoms with Gasteiger partial charge in [-0.05, 0) is 42.7 Å². The van der Waals surface area contributed by atoms with Crippen molar-refractivity contribution in [2.24, 2.45) is 0 Å². The van der Waals surface area contributed by atoms with Crippen molar-refractivity contribution in [3.8, 4) is 0 Å². The van der Waals surface area contributed by atoms with Crippen molar-refractivity contribution in [1.82, 2.24) is 15.1 Å². The second kappa shape index (κ2) is 8.02. The summed E-state index contributed by atoms with van der Waals surface area (Å²) in [5.41, 5.74) is 1.04. The van der Waals surface area contributed by atoms with Gasteiger partial charge in [0.1, 0.15) is 5.82 Å². The first kappa shape index (κ1) is 16.6. The van der Waals surface area contributed by atoms with Gasteiger partial charge in [-0.3, -0.25) is 4.90 Å². The molecule has 0 bridgehead atoms. The summed E-state index contributed by atoms with van der Waals surface area (Å²) in [4.78, 5) is 4.68. The Morgan fingerprint density at radius 1 is 1.21 bits per heavy atom. The highest BCUT2D eigenvalue weighted by Gasteiger charge is 2.22. The number of hydrogen-bond acceptors (Lipinski definition) is 4. The fourth-order valence-electron chi connectivity index (χ4n) is 3.07. The van der Waals surface area contributed by atoms with Gasteiger partial charge in [0.15, 0.2) is 5.82 Å². The molecule has 2 aromatic rings. The number of anilines is 1. The molecule has 4 nitrogen and oxygen atoms in total. The van der Waals surface area contributed by atoms with E-state index >= 15 is 0 Å². The number of nitrogens with zero attached hydrogens (tertiary/aromatic N) is 4. The lowest BCUT2D eigenvalue weighted by molar-refractivity contribution is 0.230. The van der Waals surface area contributed by atoms with E-state index in [0.717, 1.165) is 43.9 Å². The van der Waals surface area contributed by atoms with E-state index in [1.807, 2.05) is 12.1 Å². The number of hydrogen-bond donors (Lipinski definition) is 0. The molecule has 0 unspecified atom stereocenters. The number of likely N-dealkylation sites (tertiary alicyclic amines) is 1.